The number of alkyl halides is 1. The second-order valence-electron chi connectivity index (χ2n) is 12.2. The molecule has 48 heavy (non-hydrogen) atoms. The smallest absolute Gasteiger partial charge is 0.415 e. The third-order valence-electron chi connectivity index (χ3n) is 9.49. The summed E-state index contributed by atoms with van der Waals surface area (Å²) in [6.07, 6.45) is 0.172. The molecular formula is C34H36ClN5O6S2. The Morgan fingerprint density at radius 3 is 2.62 bits per heavy atom. The van der Waals surface area contributed by atoms with Crippen molar-refractivity contribution in [2.75, 3.05) is 55.6 Å². The number of aliphatic hydroxyl groups is 1. The van der Waals surface area contributed by atoms with Crippen LogP contribution in [-0.2, 0) is 4.79 Å². The molecule has 0 saturated carbocycles. The van der Waals surface area contributed by atoms with Gasteiger partial charge in [0.05, 0.1) is 31.5 Å². The molecule has 2 fully saturated rings. The Bertz CT molecular complexity index is 1890. The van der Waals surface area contributed by atoms with Crippen molar-refractivity contribution < 1.29 is 29.0 Å². The number of fused-ring (bicyclic) bond motifs is 5. The van der Waals surface area contributed by atoms with E-state index < -0.39 is 18.7 Å². The van der Waals surface area contributed by atoms with Gasteiger partial charge in [-0.1, -0.05) is 45.9 Å². The highest BCUT2D eigenvalue weighted by Crippen LogP contribution is 2.46. The van der Waals surface area contributed by atoms with E-state index in [1.54, 1.807) is 49.5 Å². The van der Waals surface area contributed by atoms with Crippen molar-refractivity contribution in [2.24, 2.45) is 5.73 Å². The van der Waals surface area contributed by atoms with Gasteiger partial charge in [-0.05, 0) is 41.6 Å². The van der Waals surface area contributed by atoms with Gasteiger partial charge in [0.1, 0.15) is 23.2 Å². The molecule has 2 saturated heterocycles. The molecule has 3 aliphatic rings. The van der Waals surface area contributed by atoms with Crippen molar-refractivity contribution in [1.29, 1.82) is 0 Å². The first-order valence-corrected chi connectivity index (χ1v) is 18.8. The number of methoxy groups -OCH3 is 1. The number of piperazine rings is 1. The molecule has 4 atom stereocenters. The number of nitrogens with two attached hydrogens (primary N) is 1. The summed E-state index contributed by atoms with van der Waals surface area (Å²) in [5, 5.41) is 12.0. The molecule has 4 aromatic rings. The zero-order chi connectivity index (χ0) is 33.5. The Labute approximate surface area is 290 Å². The average molecular weight is 710 g/mol. The summed E-state index contributed by atoms with van der Waals surface area (Å²) in [5.74, 6) is 2.13. The average Bonchev–Trinajstić information content (AvgIpc) is 3.62. The number of aromatic nitrogens is 1. The summed E-state index contributed by atoms with van der Waals surface area (Å²) in [7, 11) is 4.98. The van der Waals surface area contributed by atoms with E-state index >= 15 is 0 Å². The van der Waals surface area contributed by atoms with Crippen LogP contribution in [0.15, 0.2) is 54.6 Å². The first-order valence-electron chi connectivity index (χ1n) is 15.8. The van der Waals surface area contributed by atoms with E-state index in [1.165, 1.54) is 0 Å². The van der Waals surface area contributed by atoms with Gasteiger partial charge in [-0.25, -0.2) is 4.79 Å². The third kappa shape index (κ3) is 5.85. The third-order valence-corrected chi connectivity index (χ3v) is 12.3. The van der Waals surface area contributed by atoms with Crippen LogP contribution < -0.4 is 20.1 Å². The highest BCUT2D eigenvalue weighted by Gasteiger charge is 2.44. The number of hydrogen-bond donors (Lipinski definition) is 3. The number of halogens is 1. The Morgan fingerprint density at radius 1 is 1.06 bits per heavy atom. The molecule has 0 bridgehead atoms. The number of rotatable bonds is 6. The highest BCUT2D eigenvalue weighted by atomic mass is 35.5. The number of benzene rings is 3. The fraction of sp³-hybridized carbons (Fsp3) is 0.382. The number of carbonyl (C=O) groups excluding carboxylic acids is 3. The van der Waals surface area contributed by atoms with Crippen LogP contribution in [0.25, 0.3) is 21.7 Å². The number of ether oxygens (including phenoxy) is 2. The number of amides is 3. The quantitative estimate of drug-likeness (QED) is 0.190. The van der Waals surface area contributed by atoms with Crippen molar-refractivity contribution in [3.05, 3.63) is 65.9 Å². The Balaban J connectivity index is 1.22. The van der Waals surface area contributed by atoms with E-state index in [0.717, 1.165) is 33.0 Å². The second-order valence-corrected chi connectivity index (χ2v) is 15.1. The van der Waals surface area contributed by atoms with Crippen molar-refractivity contribution in [3.8, 4) is 11.5 Å². The van der Waals surface area contributed by atoms with E-state index in [-0.39, 0.29) is 36.4 Å². The number of anilines is 1. The minimum absolute atomic E-state index is 0.123. The van der Waals surface area contributed by atoms with Crippen LogP contribution in [0.2, 0.25) is 0 Å². The molecule has 252 valence electrons. The minimum atomic E-state index is -1.000. The Kier molecular flexibility index (Phi) is 9.40. The van der Waals surface area contributed by atoms with Gasteiger partial charge in [0, 0.05) is 65.3 Å². The van der Waals surface area contributed by atoms with Crippen LogP contribution in [0, 0.1) is 0 Å². The zero-order valence-electron chi connectivity index (χ0n) is 26.3. The zero-order valence-corrected chi connectivity index (χ0v) is 28.7. The van der Waals surface area contributed by atoms with Gasteiger partial charge in [0.15, 0.2) is 0 Å². The first kappa shape index (κ1) is 32.9. The Morgan fingerprint density at radius 2 is 1.85 bits per heavy atom. The first-order chi connectivity index (χ1) is 23.3. The SMILES string of the molecule is COc1ccc2[nH]c(C(=O)N3C[C@@H](CCl)c4c3cc(OC(=O)N3CCN(C(=O)[C@H](N)CO)[C@@H]5CCSSC[C@H]53)c3ccccc43)cc2c1. The molecule has 4 heterocycles. The van der Waals surface area contributed by atoms with Gasteiger partial charge in [0.25, 0.3) is 5.91 Å². The number of nitrogens with one attached hydrogen (secondary N) is 1. The molecule has 14 heteroatoms. The maximum Gasteiger partial charge on any atom is 0.415 e. The van der Waals surface area contributed by atoms with Crippen molar-refractivity contribution >= 4 is 78.5 Å². The summed E-state index contributed by atoms with van der Waals surface area (Å²) in [6.45, 7) is 0.496. The lowest BCUT2D eigenvalue weighted by molar-refractivity contribution is -0.139. The van der Waals surface area contributed by atoms with Crippen molar-refractivity contribution in [2.45, 2.75) is 30.5 Å². The largest absolute Gasteiger partial charge is 0.497 e. The lowest BCUT2D eigenvalue weighted by atomic mass is 9.95. The molecule has 3 amide bonds. The fourth-order valence-electron chi connectivity index (χ4n) is 7.12. The monoisotopic (exact) mass is 709 g/mol. The van der Waals surface area contributed by atoms with Crippen LogP contribution in [0.1, 0.15) is 28.4 Å². The number of aliphatic hydroxyl groups excluding tert-OH is 1. The van der Waals surface area contributed by atoms with Gasteiger partial charge in [-0.15, -0.1) is 11.6 Å². The van der Waals surface area contributed by atoms with Crippen molar-refractivity contribution in [3.63, 3.8) is 0 Å². The molecule has 0 radical (unpaired) electrons. The molecule has 7 rings (SSSR count). The Hall–Kier alpha value is -3.62. The van der Waals surface area contributed by atoms with Crippen LogP contribution in [0.4, 0.5) is 10.5 Å². The van der Waals surface area contributed by atoms with Crippen LogP contribution in [-0.4, -0.2) is 107 Å². The fourth-order valence-corrected chi connectivity index (χ4v) is 9.81. The molecular weight excluding hydrogens is 674 g/mol. The summed E-state index contributed by atoms with van der Waals surface area (Å²) in [5.41, 5.74) is 8.75. The molecule has 0 aliphatic carbocycles. The van der Waals surface area contributed by atoms with E-state index in [9.17, 15) is 19.5 Å². The van der Waals surface area contributed by atoms with Gasteiger partial charge < -0.3 is 40.0 Å². The molecule has 11 nitrogen and oxygen atoms in total. The lowest BCUT2D eigenvalue weighted by Crippen LogP contribution is -2.65. The number of H-pyrrole nitrogens is 1. The number of nitrogens with zero attached hydrogens (tertiary/aromatic N) is 3. The molecule has 3 aromatic carbocycles. The number of aromatic amines is 1. The van der Waals surface area contributed by atoms with Gasteiger partial charge in [-0.2, -0.15) is 0 Å². The maximum absolute atomic E-state index is 14.1. The minimum Gasteiger partial charge on any atom is -0.497 e. The summed E-state index contributed by atoms with van der Waals surface area (Å²) in [6, 6.07) is 15.3. The van der Waals surface area contributed by atoms with E-state index in [4.69, 9.17) is 26.8 Å². The molecule has 3 aliphatic heterocycles. The van der Waals surface area contributed by atoms with Crippen LogP contribution in [0.5, 0.6) is 11.5 Å². The number of hydrogen-bond acceptors (Lipinski definition) is 9. The van der Waals surface area contributed by atoms with Gasteiger partial charge >= 0.3 is 6.09 Å². The van der Waals surface area contributed by atoms with E-state index in [2.05, 4.69) is 4.98 Å². The predicted octanol–water partition coefficient (Wildman–Crippen LogP) is 4.80. The summed E-state index contributed by atoms with van der Waals surface area (Å²) in [4.78, 5) is 49.6. The van der Waals surface area contributed by atoms with Crippen LogP contribution in [0.3, 0.4) is 0 Å². The van der Waals surface area contributed by atoms with E-state index in [0.29, 0.717) is 54.0 Å². The summed E-state index contributed by atoms with van der Waals surface area (Å²) >= 11 is 6.51. The lowest BCUT2D eigenvalue weighted by Gasteiger charge is -2.46. The molecule has 1 aromatic heterocycles. The summed E-state index contributed by atoms with van der Waals surface area (Å²) < 4.78 is 11.6. The van der Waals surface area contributed by atoms with Crippen LogP contribution >= 0.6 is 33.2 Å². The van der Waals surface area contributed by atoms with Gasteiger partial charge in [-0.3, -0.25) is 9.59 Å². The normalized spacial score (nSPS) is 21.5. The highest BCUT2D eigenvalue weighted by molar-refractivity contribution is 8.76. The van der Waals surface area contributed by atoms with Crippen molar-refractivity contribution in [1.82, 2.24) is 14.8 Å². The maximum atomic E-state index is 14.1. The second kappa shape index (κ2) is 13.7. The van der Waals surface area contributed by atoms with E-state index in [1.807, 2.05) is 48.5 Å². The topological polar surface area (TPSA) is 141 Å². The molecule has 4 N–H and O–H groups in total. The molecule has 0 spiro atoms. The van der Waals surface area contributed by atoms with Gasteiger partial charge in [0.2, 0.25) is 5.91 Å². The molecule has 0 unspecified atom stereocenters. The standard InChI is InChI=1S/C34H36ClN5O6S2/c1-45-21-6-7-25-19(12-21)13-26(37-25)33(43)40-16-20(15-35)31-23-5-3-2-4-22(23)30(14-28(31)40)46-34(44)39-10-9-38(32(42)24(36)17-41)27-8-11-47-48-18-29(27)39/h2-7,12-14,20,24,27,29,37,41H,8-11,15-18,36H2,1H3/t20-,24-,27-,29-/m1/s1. The predicted molar refractivity (Wildman–Crippen MR) is 191 cm³/mol. The number of carbonyl (C=O) groups is 3.